The number of fused-ring (bicyclic) bond motifs is 1. The Labute approximate surface area is 198 Å². The minimum Gasteiger partial charge on any atom is -0.481 e. The first-order valence-corrected chi connectivity index (χ1v) is 11.9. The van der Waals surface area contributed by atoms with E-state index in [0.29, 0.717) is 37.4 Å². The summed E-state index contributed by atoms with van der Waals surface area (Å²) in [5.41, 5.74) is 4.43. The quantitative estimate of drug-likeness (QED) is 0.470. The molecule has 1 saturated heterocycles. The zero-order chi connectivity index (χ0) is 24.1. The van der Waals surface area contributed by atoms with Crippen molar-refractivity contribution < 1.29 is 19.4 Å². The van der Waals surface area contributed by atoms with Gasteiger partial charge in [-0.1, -0.05) is 6.07 Å². The standard InChI is InChI=1S/C26H33N3O5/c1-17-13-21(15-27-25(17)30)24-28-22-14-18(3-5-20(26(31)32)9-10-33-2)4-6-23(22)29(24)16-19-7-11-34-12-8-19/h4,6,13-15,19-20H,3,5,7-12,16H2,1-2H3,(H,27,30)(H,31,32)/t20-/m0/s1. The topological polar surface area (TPSA) is 106 Å². The highest BCUT2D eigenvalue weighted by atomic mass is 16.5. The molecule has 1 atom stereocenters. The lowest BCUT2D eigenvalue weighted by molar-refractivity contribution is -0.142. The van der Waals surface area contributed by atoms with Crippen molar-refractivity contribution in [3.05, 3.63) is 51.9 Å². The van der Waals surface area contributed by atoms with Gasteiger partial charge in [-0.05, 0) is 68.7 Å². The molecule has 3 aromatic rings. The first-order chi connectivity index (χ1) is 16.5. The molecule has 0 amide bonds. The third-order valence-electron chi connectivity index (χ3n) is 6.74. The number of rotatable bonds is 10. The van der Waals surface area contributed by atoms with E-state index < -0.39 is 11.9 Å². The number of aryl methyl sites for hydroxylation is 2. The van der Waals surface area contributed by atoms with Crippen molar-refractivity contribution in [3.8, 4) is 11.4 Å². The maximum Gasteiger partial charge on any atom is 0.306 e. The number of imidazole rings is 1. The van der Waals surface area contributed by atoms with Gasteiger partial charge >= 0.3 is 5.97 Å². The molecule has 1 aliphatic rings. The van der Waals surface area contributed by atoms with Crippen molar-refractivity contribution in [2.75, 3.05) is 26.9 Å². The number of carboxylic acid groups (broad SMARTS) is 1. The number of carboxylic acids is 1. The second kappa shape index (κ2) is 11.0. The van der Waals surface area contributed by atoms with E-state index in [-0.39, 0.29) is 5.56 Å². The molecule has 2 N–H and O–H groups in total. The van der Waals surface area contributed by atoms with Crippen LogP contribution in [0.25, 0.3) is 22.4 Å². The summed E-state index contributed by atoms with van der Waals surface area (Å²) in [6.45, 7) is 4.64. The highest BCUT2D eigenvalue weighted by molar-refractivity contribution is 5.81. The Bertz CT molecular complexity index is 1190. The first kappa shape index (κ1) is 24.2. The number of methoxy groups -OCH3 is 1. The van der Waals surface area contributed by atoms with Crippen molar-refractivity contribution in [2.45, 2.75) is 45.6 Å². The van der Waals surface area contributed by atoms with Crippen LogP contribution in [0.15, 0.2) is 35.3 Å². The second-order valence-corrected chi connectivity index (χ2v) is 9.18. The highest BCUT2D eigenvalue weighted by Crippen LogP contribution is 2.29. The zero-order valence-corrected chi connectivity index (χ0v) is 19.9. The first-order valence-electron chi connectivity index (χ1n) is 11.9. The molecule has 0 saturated carbocycles. The van der Waals surface area contributed by atoms with Gasteiger partial charge in [0.25, 0.3) is 5.56 Å². The van der Waals surface area contributed by atoms with Gasteiger partial charge in [0.05, 0.1) is 17.0 Å². The van der Waals surface area contributed by atoms with Gasteiger partial charge < -0.3 is 24.1 Å². The SMILES string of the molecule is COCC[C@H](CCc1ccc2c(c1)nc(-c1c[nH]c(=O)c(C)c1)n2CC1CCOCC1)C(=O)O. The van der Waals surface area contributed by atoms with Crippen LogP contribution in [0.1, 0.15) is 36.8 Å². The zero-order valence-electron chi connectivity index (χ0n) is 19.9. The van der Waals surface area contributed by atoms with Crippen LogP contribution in [0.4, 0.5) is 0 Å². The van der Waals surface area contributed by atoms with Gasteiger partial charge in [0.2, 0.25) is 0 Å². The Balaban J connectivity index is 1.65. The van der Waals surface area contributed by atoms with Crippen molar-refractivity contribution in [1.29, 1.82) is 0 Å². The maximum atomic E-state index is 11.9. The lowest BCUT2D eigenvalue weighted by Gasteiger charge is -2.23. The largest absolute Gasteiger partial charge is 0.481 e. The lowest BCUT2D eigenvalue weighted by Crippen LogP contribution is -2.21. The number of hydrogen-bond donors (Lipinski definition) is 2. The smallest absolute Gasteiger partial charge is 0.306 e. The molecule has 0 spiro atoms. The Morgan fingerprint density at radius 3 is 2.79 bits per heavy atom. The molecule has 8 nitrogen and oxygen atoms in total. The maximum absolute atomic E-state index is 11.9. The Kier molecular flexibility index (Phi) is 7.80. The van der Waals surface area contributed by atoms with E-state index in [2.05, 4.69) is 27.8 Å². The molecular formula is C26H33N3O5. The summed E-state index contributed by atoms with van der Waals surface area (Å²) in [5, 5.41) is 9.51. The number of benzene rings is 1. The molecule has 0 bridgehead atoms. The van der Waals surface area contributed by atoms with Crippen LogP contribution in [0.2, 0.25) is 0 Å². The Morgan fingerprint density at radius 2 is 2.09 bits per heavy atom. The summed E-state index contributed by atoms with van der Waals surface area (Å²) >= 11 is 0. The van der Waals surface area contributed by atoms with Crippen molar-refractivity contribution in [1.82, 2.24) is 14.5 Å². The van der Waals surface area contributed by atoms with Crippen LogP contribution in [0.3, 0.4) is 0 Å². The van der Waals surface area contributed by atoms with Crippen molar-refractivity contribution in [3.63, 3.8) is 0 Å². The minimum absolute atomic E-state index is 0.0976. The molecule has 1 fully saturated rings. The molecule has 2 aromatic heterocycles. The highest BCUT2D eigenvalue weighted by Gasteiger charge is 2.21. The van der Waals surface area contributed by atoms with Crippen molar-refractivity contribution in [2.24, 2.45) is 11.8 Å². The fraction of sp³-hybridized carbons (Fsp3) is 0.500. The van der Waals surface area contributed by atoms with Crippen LogP contribution in [-0.2, 0) is 27.2 Å². The molecule has 1 aromatic carbocycles. The monoisotopic (exact) mass is 467 g/mol. The summed E-state index contributed by atoms with van der Waals surface area (Å²) in [7, 11) is 1.59. The number of aromatic nitrogens is 3. The van der Waals surface area contributed by atoms with E-state index in [1.54, 1.807) is 20.2 Å². The average Bonchev–Trinajstić information content (AvgIpc) is 3.18. The molecule has 0 radical (unpaired) electrons. The number of hydrogen-bond acceptors (Lipinski definition) is 5. The number of aromatic amines is 1. The van der Waals surface area contributed by atoms with E-state index in [0.717, 1.165) is 60.6 Å². The normalized spacial score (nSPS) is 15.6. The van der Waals surface area contributed by atoms with Gasteiger partial charge in [-0.15, -0.1) is 0 Å². The summed E-state index contributed by atoms with van der Waals surface area (Å²) in [6, 6.07) is 8.10. The van der Waals surface area contributed by atoms with Crippen LogP contribution >= 0.6 is 0 Å². The third kappa shape index (κ3) is 5.56. The number of ether oxygens (including phenoxy) is 2. The van der Waals surface area contributed by atoms with Gasteiger partial charge in [-0.25, -0.2) is 4.98 Å². The molecule has 0 unspecified atom stereocenters. The van der Waals surface area contributed by atoms with Gasteiger partial charge in [-0.3, -0.25) is 9.59 Å². The van der Waals surface area contributed by atoms with Crippen LogP contribution in [0, 0.1) is 18.8 Å². The average molecular weight is 468 g/mol. The number of H-pyrrole nitrogens is 1. The second-order valence-electron chi connectivity index (χ2n) is 9.18. The van der Waals surface area contributed by atoms with Gasteiger partial charge in [0.1, 0.15) is 5.82 Å². The molecule has 0 aliphatic carbocycles. The number of carbonyl (C=O) groups is 1. The summed E-state index contributed by atoms with van der Waals surface area (Å²) in [5.74, 6) is 0.128. The predicted molar refractivity (Wildman–Crippen MR) is 130 cm³/mol. The lowest BCUT2D eigenvalue weighted by atomic mass is 9.96. The molecule has 4 rings (SSSR count). The van der Waals surface area contributed by atoms with Gasteiger partial charge in [0, 0.05) is 50.8 Å². The molecule has 8 heteroatoms. The molecular weight excluding hydrogens is 434 g/mol. The summed E-state index contributed by atoms with van der Waals surface area (Å²) in [4.78, 5) is 31.3. The number of nitrogens with zero attached hydrogens (tertiary/aromatic N) is 2. The number of nitrogens with one attached hydrogen (secondary N) is 1. The van der Waals surface area contributed by atoms with E-state index in [1.807, 2.05) is 6.07 Å². The minimum atomic E-state index is -0.783. The molecule has 1 aliphatic heterocycles. The van der Waals surface area contributed by atoms with E-state index in [9.17, 15) is 14.7 Å². The number of pyridine rings is 1. The van der Waals surface area contributed by atoms with Crippen LogP contribution < -0.4 is 5.56 Å². The number of aliphatic carboxylic acids is 1. The Morgan fingerprint density at radius 1 is 1.29 bits per heavy atom. The fourth-order valence-electron chi connectivity index (χ4n) is 4.64. The van der Waals surface area contributed by atoms with E-state index >= 15 is 0 Å². The molecule has 182 valence electrons. The summed E-state index contributed by atoms with van der Waals surface area (Å²) < 4.78 is 12.9. The molecule has 3 heterocycles. The van der Waals surface area contributed by atoms with E-state index in [4.69, 9.17) is 14.5 Å². The predicted octanol–water partition coefficient (Wildman–Crippen LogP) is 3.80. The molecule has 34 heavy (non-hydrogen) atoms. The fourth-order valence-corrected chi connectivity index (χ4v) is 4.64. The summed E-state index contributed by atoms with van der Waals surface area (Å²) in [6.07, 6.45) is 5.48. The van der Waals surface area contributed by atoms with Crippen molar-refractivity contribution >= 4 is 17.0 Å². The van der Waals surface area contributed by atoms with Gasteiger partial charge in [0.15, 0.2) is 0 Å². The third-order valence-corrected chi connectivity index (χ3v) is 6.74. The Hall–Kier alpha value is -2.97. The van der Waals surface area contributed by atoms with Gasteiger partial charge in [-0.2, -0.15) is 0 Å². The van der Waals surface area contributed by atoms with Crippen LogP contribution in [0.5, 0.6) is 0 Å². The van der Waals surface area contributed by atoms with Crippen LogP contribution in [-0.4, -0.2) is 52.5 Å². The van der Waals surface area contributed by atoms with E-state index in [1.165, 1.54) is 0 Å².